The maximum Gasteiger partial charge on any atom is 0.334 e. The number of hydrogen-bond donors (Lipinski definition) is 1. The molecule has 0 aliphatic rings. The predicted molar refractivity (Wildman–Crippen MR) is 49.9 cm³/mol. The zero-order valence-electron chi connectivity index (χ0n) is 7.21. The van der Waals surface area contributed by atoms with Gasteiger partial charge in [0.25, 0.3) is 0 Å². The molecule has 0 heterocycles. The highest BCUT2D eigenvalue weighted by Gasteiger charge is 2.04. The lowest BCUT2D eigenvalue weighted by Gasteiger charge is -2.05. The van der Waals surface area contributed by atoms with Crippen LogP contribution in [-0.4, -0.2) is 23.8 Å². The summed E-state index contributed by atoms with van der Waals surface area (Å²) in [6.45, 7) is 3.56. The van der Waals surface area contributed by atoms with E-state index in [2.05, 4.69) is 15.9 Å². The Bertz CT molecular complexity index is 175. The molecule has 0 spiro atoms. The van der Waals surface area contributed by atoms with Crippen molar-refractivity contribution >= 4 is 21.9 Å². The number of carbonyl (C=O) groups is 1. The maximum absolute atomic E-state index is 11.0. The van der Waals surface area contributed by atoms with Crippen molar-refractivity contribution in [2.24, 2.45) is 0 Å². The smallest absolute Gasteiger partial charge is 0.334 e. The van der Waals surface area contributed by atoms with Gasteiger partial charge in [0.1, 0.15) is 0 Å². The minimum absolute atomic E-state index is 0.259. The highest BCUT2D eigenvalue weighted by atomic mass is 79.9. The molecule has 3 nitrogen and oxygen atoms in total. The molecule has 0 aliphatic carbocycles. The first kappa shape index (κ1) is 11.6. The Morgan fingerprint density at radius 3 is 2.75 bits per heavy atom. The Kier molecular flexibility index (Phi) is 6.02. The Morgan fingerprint density at radius 1 is 1.75 bits per heavy atom. The summed E-state index contributed by atoms with van der Waals surface area (Å²) in [6, 6.07) is 0. The molecule has 0 bridgehead atoms. The minimum Gasteiger partial charge on any atom is -0.462 e. The Morgan fingerprint density at radius 2 is 2.33 bits per heavy atom. The third-order valence-electron chi connectivity index (χ3n) is 1.25. The van der Waals surface area contributed by atoms with Gasteiger partial charge in [-0.1, -0.05) is 15.9 Å². The van der Waals surface area contributed by atoms with Crippen LogP contribution in [0.2, 0.25) is 0 Å². The van der Waals surface area contributed by atoms with Crippen molar-refractivity contribution in [2.75, 3.05) is 6.61 Å². The molecule has 1 N–H and O–H groups in total. The molecule has 0 amide bonds. The molecule has 0 radical (unpaired) electrons. The number of hydrogen-bond acceptors (Lipinski definition) is 3. The van der Waals surface area contributed by atoms with Gasteiger partial charge in [-0.25, -0.2) is 4.79 Å². The molecule has 0 saturated heterocycles. The molecule has 12 heavy (non-hydrogen) atoms. The summed E-state index contributed by atoms with van der Waals surface area (Å²) < 4.78 is 4.81. The standard InChI is InChI=1S/C8H13BrO3/c1-6(5-9)8(11)12-4-3-7(2)10/h5,7,10H,3-4H2,1-2H3. The van der Waals surface area contributed by atoms with E-state index in [-0.39, 0.29) is 12.6 Å². The molecule has 70 valence electrons. The topological polar surface area (TPSA) is 46.5 Å². The quantitative estimate of drug-likeness (QED) is 0.596. The van der Waals surface area contributed by atoms with Gasteiger partial charge >= 0.3 is 5.97 Å². The van der Waals surface area contributed by atoms with Crippen LogP contribution in [0.4, 0.5) is 0 Å². The van der Waals surface area contributed by atoms with E-state index in [1.165, 1.54) is 4.99 Å². The van der Waals surface area contributed by atoms with Crippen LogP contribution in [0.15, 0.2) is 10.6 Å². The zero-order chi connectivity index (χ0) is 9.56. The zero-order valence-corrected chi connectivity index (χ0v) is 8.80. The summed E-state index contributed by atoms with van der Waals surface area (Å²) in [5, 5.41) is 8.85. The molecule has 0 aromatic heterocycles. The molecule has 0 rings (SSSR count). The van der Waals surface area contributed by atoms with E-state index in [1.54, 1.807) is 13.8 Å². The van der Waals surface area contributed by atoms with Gasteiger partial charge in [0, 0.05) is 12.0 Å². The summed E-state index contributed by atoms with van der Waals surface area (Å²) in [7, 11) is 0. The SMILES string of the molecule is CC(=CBr)C(=O)OCCC(C)O. The second-order valence-electron chi connectivity index (χ2n) is 2.57. The van der Waals surface area contributed by atoms with Gasteiger partial charge in [-0.15, -0.1) is 0 Å². The van der Waals surface area contributed by atoms with Crippen molar-refractivity contribution in [1.82, 2.24) is 0 Å². The third kappa shape index (κ3) is 5.32. The summed E-state index contributed by atoms with van der Waals surface area (Å²) in [5.41, 5.74) is 0.514. The fourth-order valence-electron chi connectivity index (χ4n) is 0.481. The average molecular weight is 237 g/mol. The number of aliphatic hydroxyl groups excluding tert-OH is 1. The second-order valence-corrected chi connectivity index (χ2v) is 3.02. The van der Waals surface area contributed by atoms with E-state index >= 15 is 0 Å². The van der Waals surface area contributed by atoms with Crippen molar-refractivity contribution in [3.05, 3.63) is 10.6 Å². The molecule has 0 saturated carbocycles. The van der Waals surface area contributed by atoms with Gasteiger partial charge in [0.05, 0.1) is 12.7 Å². The lowest BCUT2D eigenvalue weighted by Crippen LogP contribution is -2.11. The van der Waals surface area contributed by atoms with Crippen molar-refractivity contribution in [1.29, 1.82) is 0 Å². The van der Waals surface area contributed by atoms with Gasteiger partial charge in [-0.3, -0.25) is 0 Å². The van der Waals surface area contributed by atoms with Crippen LogP contribution in [0.25, 0.3) is 0 Å². The predicted octanol–water partition coefficient (Wildman–Crippen LogP) is 1.60. The number of esters is 1. The summed E-state index contributed by atoms with van der Waals surface area (Å²) >= 11 is 3.02. The fourth-order valence-corrected chi connectivity index (χ4v) is 0.667. The fraction of sp³-hybridized carbons (Fsp3) is 0.625. The number of rotatable bonds is 4. The van der Waals surface area contributed by atoms with Gasteiger partial charge < -0.3 is 9.84 Å². The monoisotopic (exact) mass is 236 g/mol. The third-order valence-corrected chi connectivity index (χ3v) is 1.94. The van der Waals surface area contributed by atoms with Gasteiger partial charge in [0.2, 0.25) is 0 Å². The van der Waals surface area contributed by atoms with Crippen molar-refractivity contribution < 1.29 is 14.6 Å². The van der Waals surface area contributed by atoms with Crippen LogP contribution in [0.3, 0.4) is 0 Å². The Hall–Kier alpha value is -0.350. The molecule has 0 fully saturated rings. The highest BCUT2D eigenvalue weighted by molar-refractivity contribution is 9.11. The van der Waals surface area contributed by atoms with Crippen LogP contribution in [0.1, 0.15) is 20.3 Å². The molecular weight excluding hydrogens is 224 g/mol. The van der Waals surface area contributed by atoms with E-state index in [0.29, 0.717) is 12.0 Å². The number of halogens is 1. The molecule has 0 aromatic carbocycles. The van der Waals surface area contributed by atoms with Crippen LogP contribution in [0, 0.1) is 0 Å². The van der Waals surface area contributed by atoms with Gasteiger partial charge in [-0.05, 0) is 18.8 Å². The van der Waals surface area contributed by atoms with Crippen molar-refractivity contribution in [3.8, 4) is 0 Å². The molecule has 1 unspecified atom stereocenters. The maximum atomic E-state index is 11.0. The van der Waals surface area contributed by atoms with E-state index in [9.17, 15) is 4.79 Å². The first-order chi connectivity index (χ1) is 5.57. The summed E-state index contributed by atoms with van der Waals surface area (Å²) in [6.07, 6.45) is 0.0486. The lowest BCUT2D eigenvalue weighted by molar-refractivity contribution is -0.139. The van der Waals surface area contributed by atoms with Crippen LogP contribution < -0.4 is 0 Å². The first-order valence-corrected chi connectivity index (χ1v) is 4.61. The molecule has 0 aromatic rings. The molecule has 4 heteroatoms. The highest BCUT2D eigenvalue weighted by Crippen LogP contribution is 2.01. The van der Waals surface area contributed by atoms with E-state index in [0.717, 1.165) is 0 Å². The number of carbonyl (C=O) groups excluding carboxylic acids is 1. The number of aliphatic hydroxyl groups is 1. The average Bonchev–Trinajstić information content (AvgIpc) is 2.02. The second kappa shape index (κ2) is 6.20. The molecular formula is C8H13BrO3. The van der Waals surface area contributed by atoms with Crippen LogP contribution in [-0.2, 0) is 9.53 Å². The van der Waals surface area contributed by atoms with E-state index in [1.807, 2.05) is 0 Å². The lowest BCUT2D eigenvalue weighted by atomic mass is 10.3. The normalized spacial score (nSPS) is 14.2. The van der Waals surface area contributed by atoms with Crippen molar-refractivity contribution in [3.63, 3.8) is 0 Å². The van der Waals surface area contributed by atoms with E-state index in [4.69, 9.17) is 9.84 Å². The van der Waals surface area contributed by atoms with Crippen LogP contribution in [0.5, 0.6) is 0 Å². The van der Waals surface area contributed by atoms with Gasteiger partial charge in [-0.2, -0.15) is 0 Å². The largest absolute Gasteiger partial charge is 0.462 e. The Labute approximate surface area is 80.5 Å². The molecule has 0 aliphatic heterocycles. The first-order valence-electron chi connectivity index (χ1n) is 3.70. The van der Waals surface area contributed by atoms with E-state index < -0.39 is 6.10 Å². The summed E-state index contributed by atoms with van der Waals surface area (Å²) in [4.78, 5) is 12.5. The van der Waals surface area contributed by atoms with Gasteiger partial charge in [0.15, 0.2) is 0 Å². The van der Waals surface area contributed by atoms with Crippen LogP contribution >= 0.6 is 15.9 Å². The number of ether oxygens (including phenoxy) is 1. The minimum atomic E-state index is -0.425. The van der Waals surface area contributed by atoms with Crippen molar-refractivity contribution in [2.45, 2.75) is 26.4 Å². The summed E-state index contributed by atoms with van der Waals surface area (Å²) in [5.74, 6) is -0.354. The molecule has 1 atom stereocenters. The Balaban J connectivity index is 3.58.